The Morgan fingerprint density at radius 3 is 2.09 bits per heavy atom. The highest BCUT2D eigenvalue weighted by Crippen LogP contribution is 2.20. The van der Waals surface area contributed by atoms with Gasteiger partial charge in [0.1, 0.15) is 6.61 Å². The van der Waals surface area contributed by atoms with Crippen LogP contribution in [0.15, 0.2) is 103 Å². The zero-order chi connectivity index (χ0) is 31.0. The number of amides is 2. The summed E-state index contributed by atoms with van der Waals surface area (Å²) in [5, 5.41) is 15.9. The standard InChI is InChI=1S/C37H44N2O5/c40-26-33(23-29-16-8-4-9-17-29)38-35(41)25-31-20-12-1-2-13-21-32(22-28-14-6-3-7-15-28)37(43)44-27-34(39-36(31)42)24-30-18-10-5-11-19-30/h1,3-12,14-19,31-34,40H,2,13,20-27H2,(H,38,41)(H,39,42)/t31-,32-,33+,34-/m1/s1. The van der Waals surface area contributed by atoms with Crippen LogP contribution in [0.1, 0.15) is 48.8 Å². The molecule has 0 fully saturated rings. The Hall–Kier alpha value is -4.23. The van der Waals surface area contributed by atoms with Crippen LogP contribution in [0.2, 0.25) is 0 Å². The molecule has 3 aromatic rings. The highest BCUT2D eigenvalue weighted by molar-refractivity contribution is 5.86. The molecule has 0 saturated carbocycles. The van der Waals surface area contributed by atoms with Gasteiger partial charge in [-0.3, -0.25) is 14.4 Å². The second-order valence-corrected chi connectivity index (χ2v) is 11.6. The first-order valence-electron chi connectivity index (χ1n) is 15.6. The molecule has 2 amide bonds. The molecule has 0 aliphatic carbocycles. The van der Waals surface area contributed by atoms with Crippen LogP contribution in [0.25, 0.3) is 0 Å². The number of carbonyl (C=O) groups excluding carboxylic acids is 3. The molecule has 0 saturated heterocycles. The monoisotopic (exact) mass is 596 g/mol. The van der Waals surface area contributed by atoms with E-state index < -0.39 is 18.0 Å². The van der Waals surface area contributed by atoms with E-state index in [1.807, 2.05) is 103 Å². The Bertz CT molecular complexity index is 1330. The maximum Gasteiger partial charge on any atom is 0.309 e. The number of allylic oxidation sites excluding steroid dienone is 2. The van der Waals surface area contributed by atoms with Gasteiger partial charge in [-0.25, -0.2) is 0 Å². The highest BCUT2D eigenvalue weighted by atomic mass is 16.5. The van der Waals surface area contributed by atoms with E-state index in [2.05, 4.69) is 10.6 Å². The molecule has 3 N–H and O–H groups in total. The van der Waals surface area contributed by atoms with E-state index in [4.69, 9.17) is 4.74 Å². The number of carbonyl (C=O) groups is 3. The molecule has 4 rings (SSSR count). The molecule has 1 heterocycles. The molecule has 0 bridgehead atoms. The number of benzene rings is 3. The first-order chi connectivity index (χ1) is 21.5. The summed E-state index contributed by atoms with van der Waals surface area (Å²) in [5.74, 6) is -1.68. The van der Waals surface area contributed by atoms with Crippen LogP contribution >= 0.6 is 0 Å². The number of aliphatic hydroxyl groups excluding tert-OH is 1. The second-order valence-electron chi connectivity index (χ2n) is 11.6. The van der Waals surface area contributed by atoms with Gasteiger partial charge in [-0.2, -0.15) is 0 Å². The Morgan fingerprint density at radius 2 is 1.45 bits per heavy atom. The summed E-state index contributed by atoms with van der Waals surface area (Å²) < 4.78 is 5.87. The van der Waals surface area contributed by atoms with E-state index in [-0.39, 0.29) is 43.3 Å². The van der Waals surface area contributed by atoms with Crippen molar-refractivity contribution in [3.05, 3.63) is 120 Å². The van der Waals surface area contributed by atoms with E-state index in [0.29, 0.717) is 32.1 Å². The van der Waals surface area contributed by atoms with E-state index in [0.717, 1.165) is 29.5 Å². The quantitative estimate of drug-likeness (QED) is 0.226. The number of nitrogens with one attached hydrogen (secondary N) is 2. The summed E-state index contributed by atoms with van der Waals surface area (Å²) >= 11 is 0. The SMILES string of the molecule is O=C(C[C@H]1CC=CCCC[C@H](Cc2ccccc2)C(=O)OC[C@@H](Cc2ccccc2)NC1=O)N[C@H](CO)Cc1ccccc1. The van der Waals surface area contributed by atoms with Crippen molar-refractivity contribution in [3.8, 4) is 0 Å². The predicted octanol–water partition coefficient (Wildman–Crippen LogP) is 4.97. The fourth-order valence-corrected chi connectivity index (χ4v) is 5.59. The largest absolute Gasteiger partial charge is 0.463 e. The highest BCUT2D eigenvalue weighted by Gasteiger charge is 2.27. The zero-order valence-corrected chi connectivity index (χ0v) is 25.3. The van der Waals surface area contributed by atoms with E-state index >= 15 is 0 Å². The lowest BCUT2D eigenvalue weighted by atomic mass is 9.93. The fourth-order valence-electron chi connectivity index (χ4n) is 5.59. The Morgan fingerprint density at radius 1 is 0.841 bits per heavy atom. The normalized spacial score (nSPS) is 20.5. The number of ether oxygens (including phenoxy) is 1. The maximum atomic E-state index is 13.6. The summed E-state index contributed by atoms with van der Waals surface area (Å²) in [4.78, 5) is 40.1. The van der Waals surface area contributed by atoms with Crippen molar-refractivity contribution in [2.45, 2.75) is 63.5 Å². The van der Waals surface area contributed by atoms with Crippen LogP contribution in [0.4, 0.5) is 0 Å². The fraction of sp³-hybridized carbons (Fsp3) is 0.378. The number of hydrogen-bond donors (Lipinski definition) is 3. The van der Waals surface area contributed by atoms with Gasteiger partial charge in [0.2, 0.25) is 11.8 Å². The predicted molar refractivity (Wildman–Crippen MR) is 172 cm³/mol. The number of esters is 1. The van der Waals surface area contributed by atoms with Gasteiger partial charge >= 0.3 is 5.97 Å². The smallest absolute Gasteiger partial charge is 0.309 e. The van der Waals surface area contributed by atoms with Crippen molar-refractivity contribution in [1.29, 1.82) is 0 Å². The molecule has 7 heteroatoms. The minimum absolute atomic E-state index is 0.0154. The van der Waals surface area contributed by atoms with E-state index in [1.54, 1.807) is 0 Å². The van der Waals surface area contributed by atoms with Crippen molar-refractivity contribution in [1.82, 2.24) is 10.6 Å². The van der Waals surface area contributed by atoms with Gasteiger partial charge < -0.3 is 20.5 Å². The Balaban J connectivity index is 1.46. The number of aliphatic hydroxyl groups is 1. The van der Waals surface area contributed by atoms with Gasteiger partial charge in [-0.1, -0.05) is 103 Å². The Labute approximate surface area is 260 Å². The van der Waals surface area contributed by atoms with Gasteiger partial charge in [0.15, 0.2) is 0 Å². The van der Waals surface area contributed by atoms with Gasteiger partial charge in [0.05, 0.1) is 30.5 Å². The third kappa shape index (κ3) is 11.1. The molecule has 7 nitrogen and oxygen atoms in total. The van der Waals surface area contributed by atoms with Gasteiger partial charge in [0.25, 0.3) is 0 Å². The molecular formula is C37H44N2O5. The second kappa shape index (κ2) is 17.8. The number of cyclic esters (lactones) is 1. The first kappa shape index (κ1) is 32.7. The molecule has 1 aliphatic rings. The molecule has 0 spiro atoms. The molecule has 4 atom stereocenters. The lowest BCUT2D eigenvalue weighted by molar-refractivity contribution is -0.150. The molecule has 0 unspecified atom stereocenters. The summed E-state index contributed by atoms with van der Waals surface area (Å²) in [7, 11) is 0. The van der Waals surface area contributed by atoms with Crippen LogP contribution < -0.4 is 10.6 Å². The molecule has 44 heavy (non-hydrogen) atoms. The van der Waals surface area contributed by atoms with E-state index in [1.165, 1.54) is 0 Å². The summed E-state index contributed by atoms with van der Waals surface area (Å²) in [6.45, 7) is -0.156. The Kier molecular flexibility index (Phi) is 13.2. The van der Waals surface area contributed by atoms with Crippen LogP contribution in [0, 0.1) is 11.8 Å². The minimum Gasteiger partial charge on any atom is -0.463 e. The average Bonchev–Trinajstić information content (AvgIpc) is 3.04. The summed E-state index contributed by atoms with van der Waals surface area (Å²) in [6.07, 6.45) is 8.25. The third-order valence-electron chi connectivity index (χ3n) is 7.98. The van der Waals surface area contributed by atoms with Gasteiger partial charge in [-0.15, -0.1) is 0 Å². The number of rotatable bonds is 10. The molecule has 232 valence electrons. The first-order valence-corrected chi connectivity index (χ1v) is 15.6. The molecule has 1 aliphatic heterocycles. The maximum absolute atomic E-state index is 13.6. The lowest BCUT2D eigenvalue weighted by Crippen LogP contribution is -2.45. The topological polar surface area (TPSA) is 105 Å². The van der Waals surface area contributed by atoms with Crippen molar-refractivity contribution in [2.75, 3.05) is 13.2 Å². The van der Waals surface area contributed by atoms with Crippen LogP contribution in [-0.4, -0.2) is 48.2 Å². The van der Waals surface area contributed by atoms with E-state index in [9.17, 15) is 19.5 Å². The minimum atomic E-state index is -0.606. The van der Waals surface area contributed by atoms with Gasteiger partial charge in [-0.05, 0) is 61.6 Å². The van der Waals surface area contributed by atoms with Crippen LogP contribution in [0.3, 0.4) is 0 Å². The van der Waals surface area contributed by atoms with Crippen molar-refractivity contribution >= 4 is 17.8 Å². The molecule has 0 aromatic heterocycles. The molecule has 0 radical (unpaired) electrons. The van der Waals surface area contributed by atoms with Crippen LogP contribution in [-0.2, 0) is 38.4 Å². The molecule has 3 aromatic carbocycles. The van der Waals surface area contributed by atoms with Crippen molar-refractivity contribution in [3.63, 3.8) is 0 Å². The third-order valence-corrected chi connectivity index (χ3v) is 7.98. The van der Waals surface area contributed by atoms with Crippen molar-refractivity contribution < 1.29 is 24.2 Å². The van der Waals surface area contributed by atoms with Gasteiger partial charge in [0, 0.05) is 6.42 Å². The van der Waals surface area contributed by atoms with Crippen LogP contribution in [0.5, 0.6) is 0 Å². The van der Waals surface area contributed by atoms with Crippen molar-refractivity contribution in [2.24, 2.45) is 11.8 Å². The summed E-state index contributed by atoms with van der Waals surface area (Å²) in [6, 6.07) is 28.5. The summed E-state index contributed by atoms with van der Waals surface area (Å²) in [5.41, 5.74) is 3.11. The molecular weight excluding hydrogens is 552 g/mol. The zero-order valence-electron chi connectivity index (χ0n) is 25.3. The number of hydrogen-bond acceptors (Lipinski definition) is 5. The average molecular weight is 597 g/mol. The lowest BCUT2D eigenvalue weighted by Gasteiger charge is -2.24.